The Balaban J connectivity index is 0.000000568. The monoisotopic (exact) mass is 354 g/mol. The molecule has 0 aliphatic heterocycles. The van der Waals surface area contributed by atoms with Crippen LogP contribution in [0.4, 0.5) is 0 Å². The molecule has 0 radical (unpaired) electrons. The van der Waals surface area contributed by atoms with Crippen molar-refractivity contribution in [2.24, 2.45) is 5.73 Å². The lowest BCUT2D eigenvalue weighted by Gasteiger charge is -2.15. The number of carboxylic acid groups (broad SMARTS) is 2. The second-order valence-electron chi connectivity index (χ2n) is 5.28. The minimum Gasteiger partial charge on any atom is -0.481 e. The van der Waals surface area contributed by atoms with E-state index in [1.165, 1.54) is 32.1 Å². The molecule has 1 aliphatic carbocycles. The van der Waals surface area contributed by atoms with Crippen LogP contribution >= 0.6 is 7.60 Å². The molecule has 0 heterocycles. The van der Waals surface area contributed by atoms with Crippen molar-refractivity contribution >= 4 is 25.4 Å². The molecule has 0 saturated heterocycles. The number of amides is 1. The summed E-state index contributed by atoms with van der Waals surface area (Å²) in [5.74, 6) is -4.27. The van der Waals surface area contributed by atoms with Gasteiger partial charge in [0.05, 0.1) is 6.42 Å². The highest BCUT2D eigenvalue weighted by Gasteiger charge is 2.26. The van der Waals surface area contributed by atoms with E-state index in [2.05, 4.69) is 0 Å². The Kier molecular flexibility index (Phi) is 9.66. The number of nitrogens with one attached hydrogen (secondary N) is 1. The van der Waals surface area contributed by atoms with E-state index in [-0.39, 0.29) is 0 Å². The van der Waals surface area contributed by atoms with Gasteiger partial charge in [0.25, 0.3) is 0 Å². The topological polar surface area (TPSA) is 187 Å². The quantitative estimate of drug-likeness (QED) is 0.341. The van der Waals surface area contributed by atoms with Gasteiger partial charge < -0.3 is 31.1 Å². The average Bonchev–Trinajstić information content (AvgIpc) is 2.36. The summed E-state index contributed by atoms with van der Waals surface area (Å²) < 4.78 is 10.4. The highest BCUT2D eigenvalue weighted by atomic mass is 31.2. The first-order valence-electron chi connectivity index (χ1n) is 7.05. The van der Waals surface area contributed by atoms with Gasteiger partial charge in [0, 0.05) is 6.04 Å². The zero-order valence-electron chi connectivity index (χ0n) is 12.6. The van der Waals surface area contributed by atoms with E-state index in [0.29, 0.717) is 6.04 Å². The highest BCUT2D eigenvalue weighted by molar-refractivity contribution is 7.52. The van der Waals surface area contributed by atoms with Gasteiger partial charge in [-0.15, -0.1) is 0 Å². The third kappa shape index (κ3) is 12.7. The maximum absolute atomic E-state index is 10.9. The summed E-state index contributed by atoms with van der Waals surface area (Å²) in [6, 6.07) is -1.18. The number of carboxylic acids is 2. The van der Waals surface area contributed by atoms with E-state index in [0.717, 1.165) is 0 Å². The molecule has 1 fully saturated rings. The molecule has 1 unspecified atom stereocenters. The van der Waals surface area contributed by atoms with Crippen LogP contribution in [0, 0.1) is 0 Å². The third-order valence-corrected chi connectivity index (χ3v) is 3.71. The zero-order chi connectivity index (χ0) is 18.0. The predicted octanol–water partition coefficient (Wildman–Crippen LogP) is -0.514. The first kappa shape index (κ1) is 21.5. The van der Waals surface area contributed by atoms with Crippen LogP contribution in [0.15, 0.2) is 0 Å². The number of aliphatic carboxylic acids is 2. The number of hydrogen-bond acceptors (Lipinski definition) is 5. The normalized spacial score (nSPS) is 16.7. The smallest absolute Gasteiger partial charge is 0.334 e. The van der Waals surface area contributed by atoms with Gasteiger partial charge in [-0.05, 0) is 12.8 Å². The molecule has 134 valence electrons. The molecular formula is C12H23N2O8P. The molecule has 1 atom stereocenters. The maximum Gasteiger partial charge on any atom is 0.334 e. The van der Waals surface area contributed by atoms with Gasteiger partial charge in [-0.2, -0.15) is 0 Å². The lowest BCUT2D eigenvalue weighted by molar-refractivity contribution is -0.147. The standard InChI is InChI=1S/C6H10NO8P.C6H13N/c8-4(2-16(13,14)15)7-3(6(11)12)1-5(9)10;7-6-4-2-1-3-5-6/h3H,1-2H2,(H,7,8)(H,9,10)(H,11,12)(H2,13,14,15);6H,1-5,7H2. The van der Waals surface area contributed by atoms with Crippen LogP contribution in [0.2, 0.25) is 0 Å². The van der Waals surface area contributed by atoms with Crippen LogP contribution in [0.3, 0.4) is 0 Å². The van der Waals surface area contributed by atoms with Gasteiger partial charge in [-0.25, -0.2) is 4.79 Å². The van der Waals surface area contributed by atoms with Crippen molar-refractivity contribution in [1.82, 2.24) is 5.32 Å². The van der Waals surface area contributed by atoms with Crippen molar-refractivity contribution < 1.29 is 38.9 Å². The van der Waals surface area contributed by atoms with Crippen molar-refractivity contribution in [3.05, 3.63) is 0 Å². The maximum atomic E-state index is 10.9. The molecule has 1 rings (SSSR count). The fourth-order valence-corrected chi connectivity index (χ4v) is 2.40. The fourth-order valence-electron chi connectivity index (χ4n) is 1.94. The van der Waals surface area contributed by atoms with E-state index in [1.807, 2.05) is 0 Å². The van der Waals surface area contributed by atoms with E-state index in [9.17, 15) is 18.9 Å². The number of carbonyl (C=O) groups excluding carboxylic acids is 1. The van der Waals surface area contributed by atoms with Gasteiger partial charge in [0.1, 0.15) is 12.2 Å². The van der Waals surface area contributed by atoms with E-state index >= 15 is 0 Å². The number of carbonyl (C=O) groups is 3. The van der Waals surface area contributed by atoms with Crippen LogP contribution in [0.1, 0.15) is 38.5 Å². The summed E-state index contributed by atoms with van der Waals surface area (Å²) in [6.45, 7) is 0. The van der Waals surface area contributed by atoms with Crippen LogP contribution in [-0.4, -0.2) is 56.1 Å². The van der Waals surface area contributed by atoms with Gasteiger partial charge in [0.2, 0.25) is 5.91 Å². The predicted molar refractivity (Wildman–Crippen MR) is 79.8 cm³/mol. The van der Waals surface area contributed by atoms with Crippen molar-refractivity contribution in [2.75, 3.05) is 6.16 Å². The third-order valence-electron chi connectivity index (χ3n) is 3.01. The molecular weight excluding hydrogens is 331 g/mol. The molecule has 10 nitrogen and oxygen atoms in total. The molecule has 0 aromatic rings. The summed E-state index contributed by atoms with van der Waals surface area (Å²) in [5.41, 5.74) is 5.63. The van der Waals surface area contributed by atoms with E-state index in [4.69, 9.17) is 25.7 Å². The minimum absolute atomic E-state index is 0.536. The lowest BCUT2D eigenvalue weighted by atomic mass is 9.97. The summed E-state index contributed by atoms with van der Waals surface area (Å²) in [4.78, 5) is 48.4. The Hall–Kier alpha value is -1.48. The first-order chi connectivity index (χ1) is 10.5. The molecule has 0 aromatic carbocycles. The van der Waals surface area contributed by atoms with Gasteiger partial charge in [0.15, 0.2) is 0 Å². The molecule has 0 aromatic heterocycles. The van der Waals surface area contributed by atoms with Crippen molar-refractivity contribution in [1.29, 1.82) is 0 Å². The van der Waals surface area contributed by atoms with E-state index < -0.39 is 44.1 Å². The molecule has 1 saturated carbocycles. The van der Waals surface area contributed by atoms with Crippen LogP contribution in [0.5, 0.6) is 0 Å². The number of hydrogen-bond donors (Lipinski definition) is 6. The van der Waals surface area contributed by atoms with Crippen LogP contribution < -0.4 is 11.1 Å². The second kappa shape index (κ2) is 10.3. The highest BCUT2D eigenvalue weighted by Crippen LogP contribution is 2.33. The summed E-state index contributed by atoms with van der Waals surface area (Å²) >= 11 is 0. The number of nitrogens with two attached hydrogens (primary N) is 1. The molecule has 1 aliphatic rings. The van der Waals surface area contributed by atoms with Gasteiger partial charge in [-0.3, -0.25) is 14.2 Å². The van der Waals surface area contributed by atoms with E-state index in [1.54, 1.807) is 5.32 Å². The van der Waals surface area contributed by atoms with Crippen LogP contribution in [-0.2, 0) is 18.9 Å². The molecule has 11 heteroatoms. The second-order valence-corrected chi connectivity index (χ2v) is 6.92. The van der Waals surface area contributed by atoms with Crippen molar-refractivity contribution in [2.45, 2.75) is 50.6 Å². The first-order valence-corrected chi connectivity index (χ1v) is 8.85. The largest absolute Gasteiger partial charge is 0.481 e. The fraction of sp³-hybridized carbons (Fsp3) is 0.750. The molecule has 7 N–H and O–H groups in total. The summed E-state index contributed by atoms with van der Waals surface area (Å²) in [6.07, 6.45) is 4.61. The molecule has 1 amide bonds. The average molecular weight is 354 g/mol. The Bertz CT molecular complexity index is 458. The van der Waals surface area contributed by atoms with Gasteiger partial charge in [-0.1, -0.05) is 19.3 Å². The summed E-state index contributed by atoms with van der Waals surface area (Å²) in [7, 11) is -4.59. The molecule has 0 bridgehead atoms. The summed E-state index contributed by atoms with van der Waals surface area (Å²) in [5, 5.41) is 18.5. The minimum atomic E-state index is -4.59. The lowest BCUT2D eigenvalue weighted by Crippen LogP contribution is -2.43. The zero-order valence-corrected chi connectivity index (χ0v) is 13.4. The van der Waals surface area contributed by atoms with Gasteiger partial charge >= 0.3 is 19.5 Å². The Labute approximate surface area is 133 Å². The van der Waals surface area contributed by atoms with Crippen molar-refractivity contribution in [3.63, 3.8) is 0 Å². The number of rotatable bonds is 6. The SMILES string of the molecule is NC1CCCCC1.O=C(O)CC(NC(=O)CP(=O)(O)O)C(=O)O. The Morgan fingerprint density at radius 2 is 1.65 bits per heavy atom. The van der Waals surface area contributed by atoms with Crippen molar-refractivity contribution in [3.8, 4) is 0 Å². The van der Waals surface area contributed by atoms with Crippen LogP contribution in [0.25, 0.3) is 0 Å². The molecule has 0 spiro atoms. The molecule has 23 heavy (non-hydrogen) atoms. The Morgan fingerprint density at radius 3 is 1.96 bits per heavy atom. The Morgan fingerprint density at radius 1 is 1.13 bits per heavy atom.